The van der Waals surface area contributed by atoms with E-state index in [0.29, 0.717) is 18.4 Å². The second-order valence-corrected chi connectivity index (χ2v) is 7.07. The minimum absolute atomic E-state index is 0.0564. The van der Waals surface area contributed by atoms with Gasteiger partial charge in [0.05, 0.1) is 0 Å². The largest absolute Gasteiger partial charge is 0.480 e. The molecular formula is C19H27NO2. The number of ether oxygens (including phenoxy) is 1. The minimum atomic E-state index is -0.389. The molecule has 0 spiro atoms. The smallest absolute Gasteiger partial charge is 0.261 e. The molecule has 2 aliphatic rings. The lowest BCUT2D eigenvalue weighted by Crippen LogP contribution is -2.45. The van der Waals surface area contributed by atoms with Crippen molar-refractivity contribution in [1.29, 1.82) is 0 Å². The van der Waals surface area contributed by atoms with Gasteiger partial charge in [0.25, 0.3) is 5.91 Å². The highest BCUT2D eigenvalue weighted by Crippen LogP contribution is 2.44. The maximum atomic E-state index is 12.6. The topological polar surface area (TPSA) is 38.3 Å². The van der Waals surface area contributed by atoms with Crippen molar-refractivity contribution in [3.05, 3.63) is 29.3 Å². The zero-order chi connectivity index (χ0) is 15.7. The molecule has 4 atom stereocenters. The van der Waals surface area contributed by atoms with Crippen molar-refractivity contribution in [3.8, 4) is 5.75 Å². The van der Waals surface area contributed by atoms with Gasteiger partial charge in [-0.3, -0.25) is 4.79 Å². The van der Waals surface area contributed by atoms with E-state index in [1.54, 1.807) is 0 Å². The van der Waals surface area contributed by atoms with Crippen molar-refractivity contribution in [2.75, 3.05) is 0 Å². The summed E-state index contributed by atoms with van der Waals surface area (Å²) in [7, 11) is 0. The highest BCUT2D eigenvalue weighted by molar-refractivity contribution is 5.81. The Hall–Kier alpha value is -1.51. The molecule has 0 unspecified atom stereocenters. The maximum absolute atomic E-state index is 12.6. The van der Waals surface area contributed by atoms with Crippen LogP contribution >= 0.6 is 0 Å². The third-order valence-corrected chi connectivity index (χ3v) is 5.34. The maximum Gasteiger partial charge on any atom is 0.261 e. The van der Waals surface area contributed by atoms with Gasteiger partial charge in [0.15, 0.2) is 6.10 Å². The molecule has 2 saturated carbocycles. The van der Waals surface area contributed by atoms with Gasteiger partial charge in [-0.15, -0.1) is 0 Å². The van der Waals surface area contributed by atoms with Gasteiger partial charge in [0.2, 0.25) is 0 Å². The number of amides is 1. The van der Waals surface area contributed by atoms with Crippen molar-refractivity contribution in [2.24, 2.45) is 11.8 Å². The van der Waals surface area contributed by atoms with Crippen LogP contribution in [0.4, 0.5) is 0 Å². The van der Waals surface area contributed by atoms with Crippen LogP contribution in [0.1, 0.15) is 50.2 Å². The van der Waals surface area contributed by atoms with Crippen molar-refractivity contribution in [1.82, 2.24) is 5.32 Å². The van der Waals surface area contributed by atoms with Gasteiger partial charge >= 0.3 is 0 Å². The third-order valence-electron chi connectivity index (χ3n) is 5.34. The number of fused-ring (bicyclic) bond motifs is 2. The number of nitrogens with one attached hydrogen (secondary N) is 1. The van der Waals surface area contributed by atoms with Crippen LogP contribution in [-0.2, 0) is 4.79 Å². The molecule has 2 bridgehead atoms. The van der Waals surface area contributed by atoms with Gasteiger partial charge in [0, 0.05) is 6.04 Å². The van der Waals surface area contributed by atoms with Crippen molar-refractivity contribution in [3.63, 3.8) is 0 Å². The minimum Gasteiger partial charge on any atom is -0.480 e. The Balaban J connectivity index is 1.63. The van der Waals surface area contributed by atoms with Crippen molar-refractivity contribution in [2.45, 2.75) is 65.0 Å². The number of carbonyl (C=O) groups excluding carboxylic acids is 1. The van der Waals surface area contributed by atoms with Crippen LogP contribution in [0, 0.1) is 25.7 Å². The summed E-state index contributed by atoms with van der Waals surface area (Å²) >= 11 is 0. The van der Waals surface area contributed by atoms with Gasteiger partial charge in [0.1, 0.15) is 5.75 Å². The summed E-state index contributed by atoms with van der Waals surface area (Å²) in [5, 5.41) is 3.25. The van der Waals surface area contributed by atoms with Gasteiger partial charge < -0.3 is 10.1 Å². The van der Waals surface area contributed by atoms with Crippen molar-refractivity contribution < 1.29 is 9.53 Å². The van der Waals surface area contributed by atoms with Crippen molar-refractivity contribution >= 4 is 5.91 Å². The Morgan fingerprint density at radius 1 is 1.32 bits per heavy atom. The van der Waals surface area contributed by atoms with Crippen LogP contribution in [0.15, 0.2) is 18.2 Å². The fraction of sp³-hybridized carbons (Fsp3) is 0.632. The molecule has 3 nitrogen and oxygen atoms in total. The fourth-order valence-electron chi connectivity index (χ4n) is 4.01. The van der Waals surface area contributed by atoms with Crippen LogP contribution in [-0.4, -0.2) is 18.1 Å². The molecule has 1 amide bonds. The molecule has 0 aromatic heterocycles. The first-order valence-electron chi connectivity index (χ1n) is 8.61. The number of hydrogen-bond donors (Lipinski definition) is 1. The number of rotatable bonds is 5. The first-order chi connectivity index (χ1) is 10.6. The van der Waals surface area contributed by atoms with E-state index in [9.17, 15) is 4.79 Å². The van der Waals surface area contributed by atoms with E-state index in [0.717, 1.165) is 29.2 Å². The van der Waals surface area contributed by atoms with Crippen LogP contribution < -0.4 is 10.1 Å². The lowest BCUT2D eigenvalue weighted by atomic mass is 9.95. The summed E-state index contributed by atoms with van der Waals surface area (Å²) in [6.07, 6.45) is 5.41. The molecule has 0 heterocycles. The van der Waals surface area contributed by atoms with Gasteiger partial charge in [-0.2, -0.15) is 0 Å². The second kappa shape index (κ2) is 6.31. The molecule has 2 aliphatic carbocycles. The van der Waals surface area contributed by atoms with Gasteiger partial charge in [-0.1, -0.05) is 25.5 Å². The lowest BCUT2D eigenvalue weighted by Gasteiger charge is -2.26. The van der Waals surface area contributed by atoms with Crippen LogP contribution in [0.5, 0.6) is 5.75 Å². The van der Waals surface area contributed by atoms with E-state index >= 15 is 0 Å². The van der Waals surface area contributed by atoms with E-state index < -0.39 is 0 Å². The first kappa shape index (κ1) is 15.4. The second-order valence-electron chi connectivity index (χ2n) is 7.07. The average molecular weight is 301 g/mol. The molecule has 0 radical (unpaired) electrons. The summed E-state index contributed by atoms with van der Waals surface area (Å²) in [5.74, 6) is 2.43. The number of benzene rings is 1. The molecule has 22 heavy (non-hydrogen) atoms. The van der Waals surface area contributed by atoms with Crippen LogP contribution in [0.2, 0.25) is 0 Å². The van der Waals surface area contributed by atoms with Crippen LogP contribution in [0.3, 0.4) is 0 Å². The average Bonchev–Trinajstić information content (AvgIpc) is 3.10. The fourth-order valence-corrected chi connectivity index (χ4v) is 4.01. The Kier molecular flexibility index (Phi) is 4.42. The van der Waals surface area contributed by atoms with E-state index in [2.05, 4.69) is 11.4 Å². The zero-order valence-corrected chi connectivity index (χ0v) is 13.9. The molecule has 1 aromatic rings. The molecule has 1 aromatic carbocycles. The Morgan fingerprint density at radius 3 is 2.77 bits per heavy atom. The number of aryl methyl sites for hydroxylation is 2. The van der Waals surface area contributed by atoms with E-state index in [1.165, 1.54) is 19.3 Å². The van der Waals surface area contributed by atoms with Gasteiger partial charge in [-0.25, -0.2) is 0 Å². The molecule has 3 heteroatoms. The number of hydrogen-bond acceptors (Lipinski definition) is 2. The molecule has 3 rings (SSSR count). The zero-order valence-electron chi connectivity index (χ0n) is 13.9. The molecule has 2 fully saturated rings. The molecule has 0 saturated heterocycles. The molecule has 120 valence electrons. The van der Waals surface area contributed by atoms with E-state index in [-0.39, 0.29) is 12.0 Å². The summed E-state index contributed by atoms with van der Waals surface area (Å²) in [6.45, 7) is 6.08. The Morgan fingerprint density at radius 2 is 2.14 bits per heavy atom. The highest BCUT2D eigenvalue weighted by atomic mass is 16.5. The SMILES string of the molecule is CC[C@H](Oc1cc(C)ccc1C)C(=O)N[C@@H]1C[C@H]2CC[C@H]1C2. The van der Waals surface area contributed by atoms with Crippen LogP contribution in [0.25, 0.3) is 0 Å². The summed E-state index contributed by atoms with van der Waals surface area (Å²) in [4.78, 5) is 12.6. The summed E-state index contributed by atoms with van der Waals surface area (Å²) in [5.41, 5.74) is 2.24. The predicted molar refractivity (Wildman–Crippen MR) is 88.0 cm³/mol. The van der Waals surface area contributed by atoms with E-state index in [1.807, 2.05) is 32.9 Å². The summed E-state index contributed by atoms with van der Waals surface area (Å²) in [6, 6.07) is 6.51. The first-order valence-corrected chi connectivity index (χ1v) is 8.61. The Bertz CT molecular complexity index is 554. The monoisotopic (exact) mass is 301 g/mol. The standard InChI is InChI=1S/C19H27NO2/c1-4-17(22-18-9-12(2)5-6-13(18)3)19(21)20-16-11-14-7-8-15(16)10-14/h5-6,9,14-17H,4,7-8,10-11H2,1-3H3,(H,20,21)/t14-,15-,16+,17-/m0/s1. The summed E-state index contributed by atoms with van der Waals surface area (Å²) < 4.78 is 6.02. The molecule has 1 N–H and O–H groups in total. The number of carbonyl (C=O) groups is 1. The predicted octanol–water partition coefficient (Wildman–Crippen LogP) is 3.77. The molecule has 0 aliphatic heterocycles. The van der Waals surface area contributed by atoms with E-state index in [4.69, 9.17) is 4.74 Å². The third kappa shape index (κ3) is 3.13. The normalized spacial score (nSPS) is 27.7. The quantitative estimate of drug-likeness (QED) is 0.899. The molecular weight excluding hydrogens is 274 g/mol. The lowest BCUT2D eigenvalue weighted by molar-refractivity contribution is -0.129. The Labute approximate surface area is 133 Å². The van der Waals surface area contributed by atoms with Gasteiger partial charge in [-0.05, 0) is 68.6 Å². The highest BCUT2D eigenvalue weighted by Gasteiger charge is 2.40.